The van der Waals surface area contributed by atoms with E-state index >= 15 is 0 Å². The molecule has 2 rings (SSSR count). The molecule has 0 heterocycles. The fourth-order valence-electron chi connectivity index (χ4n) is 2.70. The van der Waals surface area contributed by atoms with Crippen LogP contribution in [-0.2, 0) is 14.6 Å². The van der Waals surface area contributed by atoms with Gasteiger partial charge in [0.1, 0.15) is 5.75 Å². The zero-order valence-corrected chi connectivity index (χ0v) is 17.3. The number of aryl methyl sites for hydroxylation is 2. The molecule has 0 aliphatic carbocycles. The highest BCUT2D eigenvalue weighted by Gasteiger charge is 2.21. The monoisotopic (exact) mass is 389 g/mol. The van der Waals surface area contributed by atoms with Crippen molar-refractivity contribution in [3.8, 4) is 5.75 Å². The van der Waals surface area contributed by atoms with E-state index < -0.39 is 15.9 Å². The number of nitrogens with one attached hydrogen (secondary N) is 1. The maximum atomic E-state index is 12.7. The highest BCUT2D eigenvalue weighted by atomic mass is 32.2. The van der Waals surface area contributed by atoms with Gasteiger partial charge in [0.25, 0.3) is 5.91 Å². The normalized spacial score (nSPS) is 13.7. The highest BCUT2D eigenvalue weighted by molar-refractivity contribution is 7.90. The van der Waals surface area contributed by atoms with E-state index in [1.807, 2.05) is 45.9 Å². The number of benzene rings is 2. The number of hydrogen-bond donors (Lipinski definition) is 1. The first-order valence-electron chi connectivity index (χ1n) is 8.96. The molecular weight excluding hydrogens is 362 g/mol. The Kier molecular flexibility index (Phi) is 6.65. The molecule has 0 aromatic heterocycles. The van der Waals surface area contributed by atoms with Crippen LogP contribution in [-0.4, -0.2) is 26.7 Å². The van der Waals surface area contributed by atoms with Gasteiger partial charge in [-0.05, 0) is 62.1 Å². The van der Waals surface area contributed by atoms with E-state index in [4.69, 9.17) is 4.74 Å². The number of sulfone groups is 1. The molecule has 0 saturated carbocycles. The molecule has 0 aliphatic heterocycles. The van der Waals surface area contributed by atoms with Crippen molar-refractivity contribution in [3.63, 3.8) is 0 Å². The molecule has 0 bridgehead atoms. The molecule has 1 amide bonds. The van der Waals surface area contributed by atoms with Gasteiger partial charge in [0.15, 0.2) is 15.9 Å². The van der Waals surface area contributed by atoms with Crippen LogP contribution in [0.1, 0.15) is 43.0 Å². The maximum absolute atomic E-state index is 12.7. The molecule has 0 unspecified atom stereocenters. The summed E-state index contributed by atoms with van der Waals surface area (Å²) in [5.74, 6) is 0.514. The lowest BCUT2D eigenvalue weighted by Gasteiger charge is -2.22. The van der Waals surface area contributed by atoms with Crippen molar-refractivity contribution in [2.45, 2.75) is 51.2 Å². The van der Waals surface area contributed by atoms with Crippen molar-refractivity contribution in [1.82, 2.24) is 5.32 Å². The summed E-state index contributed by atoms with van der Waals surface area (Å²) < 4.78 is 29.1. The number of hydrogen-bond acceptors (Lipinski definition) is 4. The first-order valence-corrected chi connectivity index (χ1v) is 10.8. The summed E-state index contributed by atoms with van der Waals surface area (Å²) in [5.41, 5.74) is 2.89. The van der Waals surface area contributed by atoms with Crippen molar-refractivity contribution in [3.05, 3.63) is 59.2 Å². The topological polar surface area (TPSA) is 72.5 Å². The zero-order chi connectivity index (χ0) is 20.2. The van der Waals surface area contributed by atoms with E-state index in [1.165, 1.54) is 6.26 Å². The van der Waals surface area contributed by atoms with Crippen molar-refractivity contribution in [2.75, 3.05) is 6.26 Å². The summed E-state index contributed by atoms with van der Waals surface area (Å²) in [6.45, 7) is 7.69. The average Bonchev–Trinajstić information content (AvgIpc) is 2.61. The minimum Gasteiger partial charge on any atom is -0.480 e. The zero-order valence-electron chi connectivity index (χ0n) is 16.4. The third-order valence-electron chi connectivity index (χ3n) is 4.44. The molecule has 2 aromatic carbocycles. The first kappa shape index (κ1) is 21.0. The van der Waals surface area contributed by atoms with Crippen LogP contribution >= 0.6 is 0 Å². The molecule has 0 aliphatic rings. The maximum Gasteiger partial charge on any atom is 0.261 e. The largest absolute Gasteiger partial charge is 0.480 e. The number of ether oxygens (including phenoxy) is 1. The smallest absolute Gasteiger partial charge is 0.261 e. The van der Waals surface area contributed by atoms with E-state index in [0.29, 0.717) is 12.2 Å². The molecule has 0 radical (unpaired) electrons. The Labute approximate surface area is 161 Å². The molecule has 5 nitrogen and oxygen atoms in total. The summed E-state index contributed by atoms with van der Waals surface area (Å²) in [5, 5.41) is 2.95. The Morgan fingerprint density at radius 2 is 1.74 bits per heavy atom. The van der Waals surface area contributed by atoms with Crippen LogP contribution in [0.15, 0.2) is 47.4 Å². The van der Waals surface area contributed by atoms with Gasteiger partial charge in [-0.2, -0.15) is 0 Å². The molecule has 0 spiro atoms. The van der Waals surface area contributed by atoms with E-state index in [2.05, 4.69) is 5.32 Å². The fourth-order valence-corrected chi connectivity index (χ4v) is 3.33. The van der Waals surface area contributed by atoms with Crippen molar-refractivity contribution in [2.24, 2.45) is 0 Å². The van der Waals surface area contributed by atoms with E-state index in [1.54, 1.807) is 24.3 Å². The van der Waals surface area contributed by atoms with Crippen LogP contribution in [0.3, 0.4) is 0 Å². The van der Waals surface area contributed by atoms with Gasteiger partial charge in [0, 0.05) is 6.26 Å². The summed E-state index contributed by atoms with van der Waals surface area (Å²) >= 11 is 0. The van der Waals surface area contributed by atoms with Gasteiger partial charge >= 0.3 is 0 Å². The second-order valence-electron chi connectivity index (χ2n) is 6.86. The number of carbonyl (C=O) groups is 1. The van der Waals surface area contributed by atoms with Gasteiger partial charge in [-0.3, -0.25) is 4.79 Å². The van der Waals surface area contributed by atoms with E-state index in [0.717, 1.165) is 16.7 Å². The molecular formula is C21H27NO4S. The predicted octanol–water partition coefficient (Wildman–Crippen LogP) is 3.74. The number of carbonyl (C=O) groups excluding carboxylic acids is 1. The molecule has 0 fully saturated rings. The van der Waals surface area contributed by atoms with Crippen LogP contribution in [0, 0.1) is 13.8 Å². The fraction of sp³-hybridized carbons (Fsp3) is 0.381. The van der Waals surface area contributed by atoms with E-state index in [-0.39, 0.29) is 16.8 Å². The van der Waals surface area contributed by atoms with Crippen molar-refractivity contribution >= 4 is 15.7 Å². The molecule has 1 N–H and O–H groups in total. The van der Waals surface area contributed by atoms with Crippen LogP contribution in [0.4, 0.5) is 0 Å². The van der Waals surface area contributed by atoms with Crippen LogP contribution in [0.2, 0.25) is 0 Å². The molecule has 2 aromatic rings. The predicted molar refractivity (Wildman–Crippen MR) is 107 cm³/mol. The molecule has 6 heteroatoms. The SMILES string of the molecule is CC[C@@H](Oc1cc(C)ccc1C)C(=O)N[C@H](C)c1ccc(S(C)(=O)=O)cc1. The summed E-state index contributed by atoms with van der Waals surface area (Å²) in [4.78, 5) is 12.9. The Morgan fingerprint density at radius 1 is 1.11 bits per heavy atom. The summed E-state index contributed by atoms with van der Waals surface area (Å²) in [6, 6.07) is 12.2. The second-order valence-corrected chi connectivity index (χ2v) is 8.87. The van der Waals surface area contributed by atoms with Crippen molar-refractivity contribution < 1.29 is 17.9 Å². The first-order chi connectivity index (χ1) is 12.6. The Balaban J connectivity index is 2.08. The van der Waals surface area contributed by atoms with Crippen LogP contribution in [0.5, 0.6) is 5.75 Å². The molecule has 146 valence electrons. The van der Waals surface area contributed by atoms with Crippen LogP contribution < -0.4 is 10.1 Å². The molecule has 27 heavy (non-hydrogen) atoms. The lowest BCUT2D eigenvalue weighted by molar-refractivity contribution is -0.128. The van der Waals surface area contributed by atoms with Crippen LogP contribution in [0.25, 0.3) is 0 Å². The lowest BCUT2D eigenvalue weighted by atomic mass is 10.1. The average molecular weight is 390 g/mol. The van der Waals surface area contributed by atoms with Gasteiger partial charge in [-0.25, -0.2) is 8.42 Å². The molecule has 0 saturated heterocycles. The standard InChI is InChI=1S/C21H27NO4S/c1-6-19(26-20-13-14(2)7-8-15(20)3)21(23)22-16(4)17-9-11-18(12-10-17)27(5,24)25/h7-13,16,19H,6H2,1-5H3,(H,22,23)/t16-,19-/m1/s1. The number of rotatable bonds is 7. The Bertz CT molecular complexity index is 904. The van der Waals surface area contributed by atoms with Gasteiger partial charge < -0.3 is 10.1 Å². The minimum atomic E-state index is -3.24. The Morgan fingerprint density at radius 3 is 2.30 bits per heavy atom. The van der Waals surface area contributed by atoms with Gasteiger partial charge in [-0.15, -0.1) is 0 Å². The number of amides is 1. The lowest BCUT2D eigenvalue weighted by Crippen LogP contribution is -2.39. The second kappa shape index (κ2) is 8.57. The third-order valence-corrected chi connectivity index (χ3v) is 5.57. The minimum absolute atomic E-state index is 0.196. The summed E-state index contributed by atoms with van der Waals surface area (Å²) in [7, 11) is -3.24. The molecule has 2 atom stereocenters. The third kappa shape index (κ3) is 5.57. The van der Waals surface area contributed by atoms with Gasteiger partial charge in [-0.1, -0.05) is 31.2 Å². The quantitative estimate of drug-likeness (QED) is 0.783. The van der Waals surface area contributed by atoms with E-state index in [9.17, 15) is 13.2 Å². The highest BCUT2D eigenvalue weighted by Crippen LogP contribution is 2.22. The van der Waals surface area contributed by atoms with Gasteiger partial charge in [0.2, 0.25) is 0 Å². The Hall–Kier alpha value is -2.34. The van der Waals surface area contributed by atoms with Crippen molar-refractivity contribution in [1.29, 1.82) is 0 Å². The van der Waals surface area contributed by atoms with Gasteiger partial charge in [0.05, 0.1) is 10.9 Å². The summed E-state index contributed by atoms with van der Waals surface area (Å²) in [6.07, 6.45) is 1.12.